The fraction of sp³-hybridized carbons (Fsp3) is 0.600. The highest BCUT2D eigenvalue weighted by atomic mass is 16.5. The summed E-state index contributed by atoms with van der Waals surface area (Å²) < 4.78 is 4.77. The van der Waals surface area contributed by atoms with Crippen molar-refractivity contribution in [1.82, 2.24) is 4.90 Å². The second-order valence-electron chi connectivity index (χ2n) is 6.96. The van der Waals surface area contributed by atoms with Gasteiger partial charge in [-0.1, -0.05) is 50.6 Å². The number of ether oxygens (including phenoxy) is 1. The summed E-state index contributed by atoms with van der Waals surface area (Å²) in [6.07, 6.45) is 2.23. The van der Waals surface area contributed by atoms with Crippen LogP contribution in [0.25, 0.3) is 0 Å². The molecule has 0 fully saturated rings. The third-order valence-electron chi connectivity index (χ3n) is 4.01. The van der Waals surface area contributed by atoms with Crippen LogP contribution in [0.15, 0.2) is 24.3 Å². The summed E-state index contributed by atoms with van der Waals surface area (Å²) in [5.41, 5.74) is 2.50. The number of amides is 1. The normalized spacial score (nSPS) is 12.1. The molecule has 1 unspecified atom stereocenters. The first-order valence-electron chi connectivity index (χ1n) is 8.74. The number of benzene rings is 1. The van der Waals surface area contributed by atoms with Crippen molar-refractivity contribution in [3.63, 3.8) is 0 Å². The predicted molar refractivity (Wildman–Crippen MR) is 96.7 cm³/mol. The molecule has 24 heavy (non-hydrogen) atoms. The van der Waals surface area contributed by atoms with Gasteiger partial charge in [-0.25, -0.2) is 0 Å². The highest BCUT2D eigenvalue weighted by Gasteiger charge is 2.21. The second-order valence-corrected chi connectivity index (χ2v) is 6.96. The second kappa shape index (κ2) is 10.1. The summed E-state index contributed by atoms with van der Waals surface area (Å²) in [7, 11) is 1.38. The zero-order valence-electron chi connectivity index (χ0n) is 15.7. The molecule has 1 rings (SSSR count). The molecule has 0 saturated carbocycles. The number of aryl methyl sites for hydroxylation is 2. The lowest BCUT2D eigenvalue weighted by Crippen LogP contribution is -2.39. The summed E-state index contributed by atoms with van der Waals surface area (Å²) in [4.78, 5) is 26.0. The number of nitrogens with zero attached hydrogens (tertiary/aromatic N) is 1. The van der Waals surface area contributed by atoms with Gasteiger partial charge in [0.05, 0.1) is 13.0 Å². The SMILES string of the molecule is COC(=O)C(C)CN(CC(C)C)C(=O)CCCc1ccc(C)cc1. The van der Waals surface area contributed by atoms with Gasteiger partial charge in [0, 0.05) is 19.5 Å². The molecule has 0 radical (unpaired) electrons. The number of hydrogen-bond acceptors (Lipinski definition) is 3. The summed E-state index contributed by atoms with van der Waals surface area (Å²) in [5, 5.41) is 0. The number of rotatable bonds is 9. The zero-order chi connectivity index (χ0) is 18.1. The smallest absolute Gasteiger partial charge is 0.310 e. The average Bonchev–Trinajstić information content (AvgIpc) is 2.54. The van der Waals surface area contributed by atoms with E-state index >= 15 is 0 Å². The minimum absolute atomic E-state index is 0.117. The van der Waals surface area contributed by atoms with Gasteiger partial charge in [0.1, 0.15) is 0 Å². The van der Waals surface area contributed by atoms with E-state index in [0.29, 0.717) is 25.4 Å². The number of carbonyl (C=O) groups excluding carboxylic acids is 2. The summed E-state index contributed by atoms with van der Waals surface area (Å²) >= 11 is 0. The fourth-order valence-electron chi connectivity index (χ4n) is 2.68. The molecule has 4 heteroatoms. The van der Waals surface area contributed by atoms with Crippen molar-refractivity contribution in [2.75, 3.05) is 20.2 Å². The molecule has 1 aromatic rings. The molecule has 0 aliphatic rings. The number of hydrogen-bond donors (Lipinski definition) is 0. The molecule has 1 aromatic carbocycles. The van der Waals surface area contributed by atoms with Crippen LogP contribution in [0.5, 0.6) is 0 Å². The topological polar surface area (TPSA) is 46.6 Å². The minimum atomic E-state index is -0.296. The third kappa shape index (κ3) is 7.16. The van der Waals surface area contributed by atoms with E-state index in [1.165, 1.54) is 18.2 Å². The van der Waals surface area contributed by atoms with E-state index in [1.807, 2.05) is 0 Å². The van der Waals surface area contributed by atoms with Gasteiger partial charge in [0.2, 0.25) is 5.91 Å². The van der Waals surface area contributed by atoms with E-state index in [2.05, 4.69) is 45.0 Å². The summed E-state index contributed by atoms with van der Waals surface area (Å²) in [6.45, 7) is 9.13. The van der Waals surface area contributed by atoms with Crippen molar-refractivity contribution >= 4 is 11.9 Å². The van der Waals surface area contributed by atoms with E-state index in [-0.39, 0.29) is 17.8 Å². The van der Waals surface area contributed by atoms with E-state index < -0.39 is 0 Å². The molecule has 0 aliphatic heterocycles. The molecular weight excluding hydrogens is 302 g/mol. The van der Waals surface area contributed by atoms with Crippen molar-refractivity contribution in [3.8, 4) is 0 Å². The number of esters is 1. The molecule has 0 heterocycles. The lowest BCUT2D eigenvalue weighted by atomic mass is 10.1. The van der Waals surface area contributed by atoms with Gasteiger partial charge >= 0.3 is 5.97 Å². The molecule has 0 aliphatic carbocycles. The van der Waals surface area contributed by atoms with Crippen molar-refractivity contribution in [3.05, 3.63) is 35.4 Å². The van der Waals surface area contributed by atoms with Crippen LogP contribution < -0.4 is 0 Å². The van der Waals surface area contributed by atoms with Gasteiger partial charge in [-0.3, -0.25) is 9.59 Å². The van der Waals surface area contributed by atoms with Gasteiger partial charge in [-0.05, 0) is 31.2 Å². The molecule has 134 valence electrons. The standard InChI is InChI=1S/C20H31NO3/c1-15(2)13-21(14-17(4)20(23)24-5)19(22)8-6-7-18-11-9-16(3)10-12-18/h9-12,15,17H,6-8,13-14H2,1-5H3. The Bertz CT molecular complexity index is 522. The molecule has 1 amide bonds. The maximum Gasteiger partial charge on any atom is 0.310 e. The molecule has 0 aromatic heterocycles. The van der Waals surface area contributed by atoms with Crippen LogP contribution in [0, 0.1) is 18.8 Å². The Morgan fingerprint density at radius 2 is 1.71 bits per heavy atom. The Labute approximate surface area is 146 Å². The molecular formula is C20H31NO3. The minimum Gasteiger partial charge on any atom is -0.469 e. The Balaban J connectivity index is 2.54. The lowest BCUT2D eigenvalue weighted by Gasteiger charge is -2.27. The maximum atomic E-state index is 12.5. The van der Waals surface area contributed by atoms with Crippen molar-refractivity contribution in [2.45, 2.75) is 47.0 Å². The molecule has 0 bridgehead atoms. The maximum absolute atomic E-state index is 12.5. The first kappa shape index (κ1) is 20.2. The molecule has 4 nitrogen and oxygen atoms in total. The third-order valence-corrected chi connectivity index (χ3v) is 4.01. The van der Waals surface area contributed by atoms with Crippen LogP contribution in [-0.2, 0) is 20.7 Å². The first-order chi connectivity index (χ1) is 11.3. The monoisotopic (exact) mass is 333 g/mol. The summed E-state index contributed by atoms with van der Waals surface area (Å²) in [5.74, 6) is -0.0755. The Kier molecular flexibility index (Phi) is 8.51. The quantitative estimate of drug-likeness (QED) is 0.649. The average molecular weight is 333 g/mol. The Morgan fingerprint density at radius 3 is 2.25 bits per heavy atom. The Morgan fingerprint density at radius 1 is 1.08 bits per heavy atom. The van der Waals surface area contributed by atoms with Crippen molar-refractivity contribution < 1.29 is 14.3 Å². The molecule has 1 atom stereocenters. The van der Waals surface area contributed by atoms with Gasteiger partial charge in [0.25, 0.3) is 0 Å². The van der Waals surface area contributed by atoms with E-state index in [4.69, 9.17) is 4.74 Å². The predicted octanol–water partition coefficient (Wildman–Crippen LogP) is 3.61. The van der Waals surface area contributed by atoms with Gasteiger partial charge in [0.15, 0.2) is 0 Å². The zero-order valence-corrected chi connectivity index (χ0v) is 15.7. The number of methoxy groups -OCH3 is 1. The van der Waals surface area contributed by atoms with Crippen molar-refractivity contribution in [2.24, 2.45) is 11.8 Å². The molecule has 0 saturated heterocycles. The first-order valence-corrected chi connectivity index (χ1v) is 8.74. The van der Waals surface area contributed by atoms with E-state index in [1.54, 1.807) is 11.8 Å². The number of carbonyl (C=O) groups is 2. The van der Waals surface area contributed by atoms with Gasteiger partial charge in [-0.2, -0.15) is 0 Å². The summed E-state index contributed by atoms with van der Waals surface area (Å²) in [6, 6.07) is 8.43. The van der Waals surface area contributed by atoms with Crippen LogP contribution in [-0.4, -0.2) is 37.0 Å². The highest BCUT2D eigenvalue weighted by molar-refractivity contribution is 5.78. The Hall–Kier alpha value is -1.84. The van der Waals surface area contributed by atoms with Gasteiger partial charge in [-0.15, -0.1) is 0 Å². The lowest BCUT2D eigenvalue weighted by molar-refractivity contribution is -0.146. The highest BCUT2D eigenvalue weighted by Crippen LogP contribution is 2.11. The fourth-order valence-corrected chi connectivity index (χ4v) is 2.68. The van der Waals surface area contributed by atoms with E-state index in [9.17, 15) is 9.59 Å². The van der Waals surface area contributed by atoms with Crippen LogP contribution in [0.2, 0.25) is 0 Å². The van der Waals surface area contributed by atoms with E-state index in [0.717, 1.165) is 12.8 Å². The molecule has 0 spiro atoms. The van der Waals surface area contributed by atoms with Crippen molar-refractivity contribution in [1.29, 1.82) is 0 Å². The largest absolute Gasteiger partial charge is 0.469 e. The van der Waals surface area contributed by atoms with Crippen LogP contribution in [0.1, 0.15) is 44.7 Å². The van der Waals surface area contributed by atoms with Crippen LogP contribution in [0.3, 0.4) is 0 Å². The van der Waals surface area contributed by atoms with Crippen LogP contribution in [0.4, 0.5) is 0 Å². The van der Waals surface area contributed by atoms with Crippen LogP contribution >= 0.6 is 0 Å². The molecule has 0 N–H and O–H groups in total. The van der Waals surface area contributed by atoms with Gasteiger partial charge < -0.3 is 9.64 Å².